The summed E-state index contributed by atoms with van der Waals surface area (Å²) < 4.78 is 20.5. The Labute approximate surface area is 195 Å². The van der Waals surface area contributed by atoms with Crippen molar-refractivity contribution in [1.29, 1.82) is 0 Å². The topological polar surface area (TPSA) is 174 Å². The van der Waals surface area contributed by atoms with Gasteiger partial charge in [0.1, 0.15) is 18.3 Å². The van der Waals surface area contributed by atoms with Crippen molar-refractivity contribution in [1.82, 2.24) is 9.55 Å². The maximum Gasteiger partial charge on any atom is 0.330 e. The molecule has 13 heteroatoms. The molecule has 34 heavy (non-hydrogen) atoms. The number of aliphatic hydroxyl groups excluding tert-OH is 2. The Morgan fingerprint density at radius 1 is 1.00 bits per heavy atom. The van der Waals surface area contributed by atoms with Crippen LogP contribution in [0.15, 0.2) is 82.5 Å². The molecule has 0 radical (unpaired) electrons. The van der Waals surface area contributed by atoms with E-state index in [0.29, 0.717) is 0 Å². The van der Waals surface area contributed by atoms with Crippen molar-refractivity contribution >= 4 is 27.0 Å². The molecule has 1 aromatic heterocycles. The lowest BCUT2D eigenvalue weighted by Crippen LogP contribution is -2.37. The number of aromatic amines is 1. The minimum Gasteiger partial charge on any atom is -0.756 e. The van der Waals surface area contributed by atoms with Gasteiger partial charge in [0, 0.05) is 12.3 Å². The van der Waals surface area contributed by atoms with Gasteiger partial charge in [-0.15, -0.1) is 0 Å². The third-order valence-electron chi connectivity index (χ3n) is 4.80. The van der Waals surface area contributed by atoms with E-state index in [1.165, 1.54) is 10.6 Å². The van der Waals surface area contributed by atoms with Gasteiger partial charge in [0.2, 0.25) is 0 Å². The largest absolute Gasteiger partial charge is 0.756 e. The molecule has 4 N–H and O–H groups in total. The zero-order chi connectivity index (χ0) is 24.7. The Morgan fingerprint density at radius 2 is 1.56 bits per heavy atom. The number of phosphoric acid groups is 1. The first-order valence-electron chi connectivity index (χ1n) is 10.1. The van der Waals surface area contributed by atoms with Gasteiger partial charge in [0.25, 0.3) is 13.4 Å². The van der Waals surface area contributed by atoms with Crippen LogP contribution in [0.4, 0.5) is 0 Å². The highest BCUT2D eigenvalue weighted by Gasteiger charge is 2.44. The standard InChI is InChI=1S/C12H11P.C9H13N2O9P/c1-3-7-11(8-4-1)13-12-9-5-2-6-10-12;12-5-1-2-11(9(15)10-5)8-7(14)6(13)4(20-8)3-19-21(16,17)18/h1-10,13H;1-2,4,6-8,13-14H,3H2,(H,10,12,15)(H2,16,17,18)/t;4-,6-,7-,8-/m.1/s1. The lowest BCUT2D eigenvalue weighted by atomic mass is 10.1. The Hall–Kier alpha value is -2.46. The van der Waals surface area contributed by atoms with E-state index >= 15 is 0 Å². The van der Waals surface area contributed by atoms with Gasteiger partial charge >= 0.3 is 5.69 Å². The van der Waals surface area contributed by atoms with Crippen LogP contribution in [0.5, 0.6) is 0 Å². The van der Waals surface area contributed by atoms with Crippen molar-refractivity contribution in [2.24, 2.45) is 0 Å². The second-order valence-corrected chi connectivity index (χ2v) is 10.1. The molecule has 1 fully saturated rings. The minimum atomic E-state index is -5.01. The summed E-state index contributed by atoms with van der Waals surface area (Å²) >= 11 is 0. The normalized spacial score (nSPS) is 23.5. The summed E-state index contributed by atoms with van der Waals surface area (Å²) in [4.78, 5) is 43.4. The molecule has 1 saturated heterocycles. The third kappa shape index (κ3) is 7.53. The number of hydrogen-bond donors (Lipinski definition) is 4. The van der Waals surface area contributed by atoms with Gasteiger partial charge in [-0.25, -0.2) is 4.79 Å². The second-order valence-electron chi connectivity index (χ2n) is 7.29. The molecular formula is C21H24N2O9P2. The van der Waals surface area contributed by atoms with Crippen LogP contribution in [-0.4, -0.2) is 49.6 Å². The maximum absolute atomic E-state index is 11.6. The predicted octanol–water partition coefficient (Wildman–Crippen LogP) is -1.32. The molecule has 0 amide bonds. The molecular weight excluding hydrogens is 486 g/mol. The lowest BCUT2D eigenvalue weighted by Gasteiger charge is -2.20. The van der Waals surface area contributed by atoms with Crippen molar-refractivity contribution < 1.29 is 33.8 Å². The fraction of sp³-hybridized carbons (Fsp3) is 0.238. The number of phosphoric ester groups is 1. The Kier molecular flexibility index (Phi) is 9.07. The average molecular weight is 510 g/mol. The first kappa shape index (κ1) is 26.2. The fourth-order valence-corrected chi connectivity index (χ4v) is 4.73. The first-order valence-corrected chi connectivity index (χ1v) is 12.8. The molecule has 4 rings (SSSR count). The van der Waals surface area contributed by atoms with E-state index < -0.39 is 50.2 Å². The van der Waals surface area contributed by atoms with Gasteiger partial charge in [-0.1, -0.05) is 36.4 Å². The molecule has 0 spiro atoms. The van der Waals surface area contributed by atoms with Gasteiger partial charge in [-0.05, 0) is 24.3 Å². The zero-order valence-electron chi connectivity index (χ0n) is 17.7. The Bertz CT molecular complexity index is 1180. The molecule has 1 unspecified atom stereocenters. The van der Waals surface area contributed by atoms with Gasteiger partial charge in [0.15, 0.2) is 6.23 Å². The highest BCUT2D eigenvalue weighted by Crippen LogP contribution is 2.34. The summed E-state index contributed by atoms with van der Waals surface area (Å²) in [7, 11) is -4.74. The highest BCUT2D eigenvalue weighted by molar-refractivity contribution is 7.55. The SMILES string of the molecule is O=c1ccn([C@@H]2O[C@H](COP(=O)([O-])O)[C@@H](O)[C@H]2O)c(=O)[nH]1.c1ccc([PH2+]c2ccccc2)cc1. The van der Waals surface area contributed by atoms with Crippen LogP contribution in [0.3, 0.4) is 0 Å². The van der Waals surface area contributed by atoms with Crippen molar-refractivity contribution in [3.8, 4) is 0 Å². The third-order valence-corrected chi connectivity index (χ3v) is 6.71. The van der Waals surface area contributed by atoms with Crippen LogP contribution >= 0.6 is 16.4 Å². The van der Waals surface area contributed by atoms with E-state index in [4.69, 9.17) is 9.63 Å². The van der Waals surface area contributed by atoms with E-state index in [0.717, 1.165) is 16.8 Å². The van der Waals surface area contributed by atoms with Crippen LogP contribution in [0.1, 0.15) is 6.23 Å². The molecule has 2 heterocycles. The summed E-state index contributed by atoms with van der Waals surface area (Å²) in [5, 5.41) is 22.4. The minimum absolute atomic E-state index is 0.271. The predicted molar refractivity (Wildman–Crippen MR) is 125 cm³/mol. The molecule has 2 aromatic carbocycles. The van der Waals surface area contributed by atoms with E-state index in [2.05, 4.69) is 65.2 Å². The van der Waals surface area contributed by atoms with Gasteiger partial charge in [0.05, 0.1) is 25.8 Å². The van der Waals surface area contributed by atoms with Crippen molar-refractivity contribution in [3.05, 3.63) is 93.8 Å². The number of benzene rings is 2. The van der Waals surface area contributed by atoms with Crippen LogP contribution in [0, 0.1) is 0 Å². The monoisotopic (exact) mass is 510 g/mol. The summed E-state index contributed by atoms with van der Waals surface area (Å²) in [6.45, 7) is -0.746. The van der Waals surface area contributed by atoms with Crippen LogP contribution in [-0.2, 0) is 13.8 Å². The van der Waals surface area contributed by atoms with E-state index in [-0.39, 0.29) is 8.58 Å². The molecule has 182 valence electrons. The number of ether oxygens (including phenoxy) is 1. The molecule has 5 atom stereocenters. The lowest BCUT2D eigenvalue weighted by molar-refractivity contribution is -0.222. The maximum atomic E-state index is 11.6. The molecule has 1 aliphatic rings. The molecule has 0 aliphatic carbocycles. The van der Waals surface area contributed by atoms with Gasteiger partial charge in [-0.3, -0.25) is 18.9 Å². The fourth-order valence-electron chi connectivity index (χ4n) is 3.18. The highest BCUT2D eigenvalue weighted by atomic mass is 31.2. The van der Waals surface area contributed by atoms with Crippen LogP contribution in [0.25, 0.3) is 0 Å². The summed E-state index contributed by atoms with van der Waals surface area (Å²) in [6.07, 6.45) is -4.71. The zero-order valence-corrected chi connectivity index (χ0v) is 19.8. The number of rotatable bonds is 6. The number of H-pyrrole nitrogens is 1. The molecule has 0 bridgehead atoms. The van der Waals surface area contributed by atoms with Gasteiger partial charge < -0.3 is 29.3 Å². The Balaban J connectivity index is 0.000000212. The van der Waals surface area contributed by atoms with Gasteiger partial charge in [-0.2, -0.15) is 0 Å². The molecule has 11 nitrogen and oxygen atoms in total. The smallest absolute Gasteiger partial charge is 0.330 e. The van der Waals surface area contributed by atoms with Crippen molar-refractivity contribution in [2.45, 2.75) is 24.5 Å². The first-order chi connectivity index (χ1) is 16.1. The summed E-state index contributed by atoms with van der Waals surface area (Å²) in [5.41, 5.74) is -1.53. The van der Waals surface area contributed by atoms with Crippen molar-refractivity contribution in [3.63, 3.8) is 0 Å². The summed E-state index contributed by atoms with van der Waals surface area (Å²) in [5.74, 6) is 0. The second kappa shape index (κ2) is 11.8. The van der Waals surface area contributed by atoms with E-state index in [9.17, 15) is 29.3 Å². The summed E-state index contributed by atoms with van der Waals surface area (Å²) in [6, 6.07) is 22.3. The van der Waals surface area contributed by atoms with Crippen molar-refractivity contribution in [2.75, 3.05) is 6.61 Å². The van der Waals surface area contributed by atoms with E-state index in [1.807, 2.05) is 4.98 Å². The number of aliphatic hydroxyl groups is 2. The van der Waals surface area contributed by atoms with E-state index in [1.54, 1.807) is 0 Å². The van der Waals surface area contributed by atoms with Crippen LogP contribution in [0.2, 0.25) is 0 Å². The quantitative estimate of drug-likeness (QED) is 0.293. The number of hydrogen-bond acceptors (Lipinski definition) is 8. The molecule has 1 aliphatic heterocycles. The van der Waals surface area contributed by atoms with Crippen LogP contribution < -0.4 is 26.8 Å². The molecule has 3 aromatic rings. The number of aromatic nitrogens is 2. The number of nitrogens with zero attached hydrogens (tertiary/aromatic N) is 1. The molecule has 0 saturated carbocycles. The Morgan fingerprint density at radius 3 is 2.06 bits per heavy atom. The number of nitrogens with one attached hydrogen (secondary N) is 1. The average Bonchev–Trinajstić information content (AvgIpc) is 3.08.